The lowest BCUT2D eigenvalue weighted by molar-refractivity contribution is 0.483. The van der Waals surface area contributed by atoms with Crippen molar-refractivity contribution in [3.8, 4) is 0 Å². The number of hydrogen-bond donors (Lipinski definition) is 2. The summed E-state index contributed by atoms with van der Waals surface area (Å²) in [5.74, 6) is 0.781. The average molecular weight is 276 g/mol. The molecule has 0 saturated heterocycles. The molecule has 19 heavy (non-hydrogen) atoms. The molecule has 1 aliphatic rings. The number of aromatic nitrogens is 2. The number of hydrogen-bond acceptors (Lipinski definition) is 2. The largest absolute Gasteiger partial charge is 0.348 e. The smallest absolute Gasteiger partial charge is 0.0921 e. The first-order chi connectivity index (χ1) is 9.33. The first kappa shape index (κ1) is 12.7. The molecule has 1 saturated carbocycles. The van der Waals surface area contributed by atoms with Gasteiger partial charge in [0.05, 0.1) is 6.33 Å². The van der Waals surface area contributed by atoms with E-state index in [1.54, 1.807) is 6.33 Å². The van der Waals surface area contributed by atoms with E-state index in [0.29, 0.717) is 6.04 Å². The summed E-state index contributed by atoms with van der Waals surface area (Å²) in [6, 6.07) is 8.68. The molecule has 0 aliphatic heterocycles. The van der Waals surface area contributed by atoms with Gasteiger partial charge in [-0.1, -0.05) is 23.7 Å². The van der Waals surface area contributed by atoms with Gasteiger partial charge in [-0.25, -0.2) is 4.98 Å². The second-order valence-electron chi connectivity index (χ2n) is 5.15. The number of halogens is 1. The molecular formula is C15H18ClN3. The molecule has 2 N–H and O–H groups in total. The quantitative estimate of drug-likeness (QED) is 0.849. The normalized spacial score (nSPS) is 16.5. The topological polar surface area (TPSA) is 40.7 Å². The molecule has 0 radical (unpaired) electrons. The van der Waals surface area contributed by atoms with Gasteiger partial charge in [0.25, 0.3) is 0 Å². The van der Waals surface area contributed by atoms with Crippen LogP contribution in [0.2, 0.25) is 5.02 Å². The number of H-pyrrole nitrogens is 1. The minimum Gasteiger partial charge on any atom is -0.348 e. The molecule has 1 aliphatic carbocycles. The van der Waals surface area contributed by atoms with Crippen LogP contribution in [0.25, 0.3) is 0 Å². The number of imidazole rings is 1. The zero-order chi connectivity index (χ0) is 13.1. The van der Waals surface area contributed by atoms with Crippen LogP contribution in [-0.4, -0.2) is 16.5 Å². The van der Waals surface area contributed by atoms with Crippen LogP contribution in [0.3, 0.4) is 0 Å². The fourth-order valence-corrected chi connectivity index (χ4v) is 2.57. The molecule has 3 rings (SSSR count). The minimum atomic E-state index is 0.459. The molecular weight excluding hydrogens is 258 g/mol. The Hall–Kier alpha value is -1.32. The van der Waals surface area contributed by atoms with Gasteiger partial charge < -0.3 is 10.3 Å². The monoisotopic (exact) mass is 275 g/mol. The Labute approximate surface area is 118 Å². The molecule has 1 aromatic carbocycles. The van der Waals surface area contributed by atoms with E-state index in [4.69, 9.17) is 11.6 Å². The van der Waals surface area contributed by atoms with E-state index in [0.717, 1.165) is 23.9 Å². The first-order valence-corrected chi connectivity index (χ1v) is 7.17. The van der Waals surface area contributed by atoms with Crippen molar-refractivity contribution < 1.29 is 0 Å². The third-order valence-corrected chi connectivity index (χ3v) is 3.89. The van der Waals surface area contributed by atoms with Crippen LogP contribution in [-0.2, 0) is 6.42 Å². The second kappa shape index (κ2) is 5.76. The van der Waals surface area contributed by atoms with Crippen molar-refractivity contribution in [1.29, 1.82) is 0 Å². The van der Waals surface area contributed by atoms with Crippen molar-refractivity contribution in [3.05, 3.63) is 53.1 Å². The van der Waals surface area contributed by atoms with E-state index in [1.165, 1.54) is 24.1 Å². The predicted molar refractivity (Wildman–Crippen MR) is 77.2 cm³/mol. The maximum absolute atomic E-state index is 5.95. The molecule has 100 valence electrons. The van der Waals surface area contributed by atoms with Crippen molar-refractivity contribution >= 4 is 11.6 Å². The molecule has 1 heterocycles. The van der Waals surface area contributed by atoms with Crippen molar-refractivity contribution in [1.82, 2.24) is 15.3 Å². The maximum atomic E-state index is 5.95. The summed E-state index contributed by atoms with van der Waals surface area (Å²) in [4.78, 5) is 7.17. The van der Waals surface area contributed by atoms with Crippen molar-refractivity contribution in [2.24, 2.45) is 5.92 Å². The first-order valence-electron chi connectivity index (χ1n) is 6.79. The van der Waals surface area contributed by atoms with Crippen molar-refractivity contribution in [2.45, 2.75) is 25.3 Å². The van der Waals surface area contributed by atoms with Crippen LogP contribution in [0.4, 0.5) is 0 Å². The Morgan fingerprint density at radius 3 is 2.74 bits per heavy atom. The van der Waals surface area contributed by atoms with Crippen LogP contribution in [0, 0.1) is 5.92 Å². The number of rotatable bonds is 6. The standard InChI is InChI=1S/C15H18ClN3/c16-13-5-3-12(4-6-13)15(11-1-2-11)18-8-7-14-9-17-10-19-14/h3-6,9-11,15,18H,1-2,7-8H2,(H,17,19). The second-order valence-corrected chi connectivity index (χ2v) is 5.58. The minimum absolute atomic E-state index is 0.459. The zero-order valence-corrected chi connectivity index (χ0v) is 11.5. The van der Waals surface area contributed by atoms with Gasteiger partial charge in [0.15, 0.2) is 0 Å². The van der Waals surface area contributed by atoms with E-state index in [9.17, 15) is 0 Å². The molecule has 1 aromatic heterocycles. The SMILES string of the molecule is Clc1ccc(C(NCCc2cnc[nH]2)C2CC2)cc1. The third kappa shape index (κ3) is 3.37. The Kier molecular flexibility index (Phi) is 3.85. The molecule has 4 heteroatoms. The molecule has 1 fully saturated rings. The highest BCUT2D eigenvalue weighted by molar-refractivity contribution is 6.30. The Balaban J connectivity index is 1.60. The fraction of sp³-hybridized carbons (Fsp3) is 0.400. The molecule has 3 nitrogen and oxygen atoms in total. The van der Waals surface area contributed by atoms with Gasteiger partial charge in [-0.2, -0.15) is 0 Å². The van der Waals surface area contributed by atoms with Crippen LogP contribution in [0.5, 0.6) is 0 Å². The number of nitrogens with one attached hydrogen (secondary N) is 2. The van der Waals surface area contributed by atoms with Gasteiger partial charge in [0, 0.05) is 35.9 Å². The summed E-state index contributed by atoms with van der Waals surface area (Å²) in [6.07, 6.45) is 7.24. The van der Waals surface area contributed by atoms with Gasteiger partial charge in [0.2, 0.25) is 0 Å². The number of aromatic amines is 1. The van der Waals surface area contributed by atoms with Gasteiger partial charge in [-0.05, 0) is 36.5 Å². The fourth-order valence-electron chi connectivity index (χ4n) is 2.44. The van der Waals surface area contributed by atoms with Crippen molar-refractivity contribution in [2.75, 3.05) is 6.54 Å². The lowest BCUT2D eigenvalue weighted by Crippen LogP contribution is -2.25. The predicted octanol–water partition coefficient (Wildman–Crippen LogP) is 3.35. The Bertz CT molecular complexity index is 503. The van der Waals surface area contributed by atoms with Gasteiger partial charge in [0.1, 0.15) is 0 Å². The molecule has 0 amide bonds. The lowest BCUT2D eigenvalue weighted by atomic mass is 10.0. The Morgan fingerprint density at radius 2 is 2.11 bits per heavy atom. The van der Waals surface area contributed by atoms with E-state index in [1.807, 2.05) is 18.3 Å². The molecule has 2 aromatic rings. The van der Waals surface area contributed by atoms with Crippen LogP contribution in [0.15, 0.2) is 36.8 Å². The van der Waals surface area contributed by atoms with Crippen LogP contribution >= 0.6 is 11.6 Å². The van der Waals surface area contributed by atoms with Gasteiger partial charge >= 0.3 is 0 Å². The average Bonchev–Trinajstić information content (AvgIpc) is 3.13. The van der Waals surface area contributed by atoms with E-state index < -0.39 is 0 Å². The van der Waals surface area contributed by atoms with Crippen LogP contribution in [0.1, 0.15) is 30.1 Å². The summed E-state index contributed by atoms with van der Waals surface area (Å²) in [5, 5.41) is 4.47. The highest BCUT2D eigenvalue weighted by Crippen LogP contribution is 2.41. The summed E-state index contributed by atoms with van der Waals surface area (Å²) in [6.45, 7) is 0.964. The van der Waals surface area contributed by atoms with E-state index in [-0.39, 0.29) is 0 Å². The lowest BCUT2D eigenvalue weighted by Gasteiger charge is -2.18. The van der Waals surface area contributed by atoms with Gasteiger partial charge in [-0.3, -0.25) is 0 Å². The van der Waals surface area contributed by atoms with Crippen molar-refractivity contribution in [3.63, 3.8) is 0 Å². The molecule has 0 spiro atoms. The summed E-state index contributed by atoms with van der Waals surface area (Å²) in [7, 11) is 0. The molecule has 1 atom stereocenters. The molecule has 0 bridgehead atoms. The Morgan fingerprint density at radius 1 is 1.32 bits per heavy atom. The zero-order valence-electron chi connectivity index (χ0n) is 10.8. The third-order valence-electron chi connectivity index (χ3n) is 3.64. The summed E-state index contributed by atoms with van der Waals surface area (Å²) < 4.78 is 0. The highest BCUT2D eigenvalue weighted by atomic mass is 35.5. The van der Waals surface area contributed by atoms with Crippen LogP contribution < -0.4 is 5.32 Å². The van der Waals surface area contributed by atoms with E-state index in [2.05, 4.69) is 27.4 Å². The highest BCUT2D eigenvalue weighted by Gasteiger charge is 2.31. The van der Waals surface area contributed by atoms with E-state index >= 15 is 0 Å². The summed E-state index contributed by atoms with van der Waals surface area (Å²) in [5.41, 5.74) is 2.52. The maximum Gasteiger partial charge on any atom is 0.0921 e. The number of benzene rings is 1. The summed E-state index contributed by atoms with van der Waals surface area (Å²) >= 11 is 5.95. The molecule has 1 unspecified atom stereocenters. The van der Waals surface area contributed by atoms with Gasteiger partial charge in [-0.15, -0.1) is 0 Å². The number of nitrogens with zero attached hydrogens (tertiary/aromatic N) is 1.